The number of hydrogen-bond acceptors (Lipinski definition) is 5. The summed E-state index contributed by atoms with van der Waals surface area (Å²) < 4.78 is 47.9. The van der Waals surface area contributed by atoms with Crippen molar-refractivity contribution in [3.8, 4) is 0 Å². The predicted molar refractivity (Wildman–Crippen MR) is 102 cm³/mol. The van der Waals surface area contributed by atoms with Gasteiger partial charge in [-0.3, -0.25) is 0 Å². The normalized spacial score (nSPS) is 22.7. The van der Waals surface area contributed by atoms with Gasteiger partial charge in [-0.05, 0) is 24.1 Å². The molecule has 10 heteroatoms. The highest BCUT2D eigenvalue weighted by atomic mass is 32.2. The minimum atomic E-state index is -3.96. The maximum Gasteiger partial charge on any atom is 0.506 e. The second-order valence-corrected chi connectivity index (χ2v) is 9.01. The van der Waals surface area contributed by atoms with Crippen LogP contribution in [0.3, 0.4) is 0 Å². The van der Waals surface area contributed by atoms with Gasteiger partial charge < -0.3 is 14.4 Å². The van der Waals surface area contributed by atoms with Gasteiger partial charge in [-0.1, -0.05) is 31.9 Å². The van der Waals surface area contributed by atoms with E-state index in [1.165, 1.54) is 45.7 Å². The van der Waals surface area contributed by atoms with E-state index in [1.807, 2.05) is 6.92 Å². The molecule has 2 aromatic rings. The lowest BCUT2D eigenvalue weighted by Gasteiger charge is -2.26. The third kappa shape index (κ3) is 4.43. The largest absolute Gasteiger partial charge is 0.506 e. The van der Waals surface area contributed by atoms with Gasteiger partial charge in [-0.15, -0.1) is 0 Å². The summed E-state index contributed by atoms with van der Waals surface area (Å²) >= 11 is 0. The first-order chi connectivity index (χ1) is 13.7. The van der Waals surface area contributed by atoms with Crippen LogP contribution in [0.25, 0.3) is 0 Å². The number of nitrogens with zero attached hydrogens (tertiary/aromatic N) is 3. The molecule has 1 unspecified atom stereocenters. The van der Waals surface area contributed by atoms with E-state index < -0.39 is 40.1 Å². The molecule has 3 rings (SSSR count). The summed E-state index contributed by atoms with van der Waals surface area (Å²) in [7, 11) is -2.29. The van der Waals surface area contributed by atoms with Gasteiger partial charge in [-0.2, -0.15) is 4.31 Å². The van der Waals surface area contributed by atoms with E-state index in [0.29, 0.717) is 18.4 Å². The molecule has 1 aliphatic heterocycles. The summed E-state index contributed by atoms with van der Waals surface area (Å²) in [6.45, 7) is 1.99. The van der Waals surface area contributed by atoms with Gasteiger partial charge in [0.15, 0.2) is 5.03 Å². The van der Waals surface area contributed by atoms with Crippen molar-refractivity contribution in [3.05, 3.63) is 48.2 Å². The van der Waals surface area contributed by atoms with Gasteiger partial charge in [0, 0.05) is 25.7 Å². The zero-order chi connectivity index (χ0) is 21.2. The van der Waals surface area contributed by atoms with Gasteiger partial charge in [0.25, 0.3) is 10.0 Å². The maximum atomic E-state index is 13.4. The number of imidazole rings is 1. The van der Waals surface area contributed by atoms with Gasteiger partial charge in [0.05, 0.1) is 12.4 Å². The number of unbranched alkanes of at least 4 members (excludes halogenated alkanes) is 1. The Morgan fingerprint density at radius 1 is 1.34 bits per heavy atom. The van der Waals surface area contributed by atoms with Crippen molar-refractivity contribution >= 4 is 16.2 Å². The van der Waals surface area contributed by atoms with Crippen LogP contribution in [0.2, 0.25) is 0 Å². The van der Waals surface area contributed by atoms with Crippen LogP contribution in [0.15, 0.2) is 41.8 Å². The van der Waals surface area contributed by atoms with Crippen molar-refractivity contribution in [2.45, 2.75) is 49.3 Å². The first-order valence-corrected chi connectivity index (χ1v) is 10.8. The van der Waals surface area contributed by atoms with E-state index in [1.54, 1.807) is 7.05 Å². The van der Waals surface area contributed by atoms with Crippen molar-refractivity contribution in [1.29, 1.82) is 0 Å². The Morgan fingerprint density at radius 3 is 2.59 bits per heavy atom. The van der Waals surface area contributed by atoms with Crippen molar-refractivity contribution in [1.82, 2.24) is 13.9 Å². The number of carboxylic acid groups (broad SMARTS) is 1. The summed E-state index contributed by atoms with van der Waals surface area (Å²) in [5, 5.41) is 9.17. The van der Waals surface area contributed by atoms with Crippen LogP contribution >= 0.6 is 0 Å². The Morgan fingerprint density at radius 2 is 2.03 bits per heavy atom. The van der Waals surface area contributed by atoms with Crippen molar-refractivity contribution in [2.75, 3.05) is 6.54 Å². The average Bonchev–Trinajstić information content (AvgIpc) is 3.25. The van der Waals surface area contributed by atoms with Gasteiger partial charge in [-0.25, -0.2) is 22.6 Å². The third-order valence-corrected chi connectivity index (χ3v) is 6.94. The highest BCUT2D eigenvalue weighted by Gasteiger charge is 2.50. The molecule has 1 aliphatic rings. The fraction of sp³-hybridized carbons (Fsp3) is 0.474. The molecular weight excluding hydrogens is 401 g/mol. The lowest BCUT2D eigenvalue weighted by Crippen LogP contribution is -2.41. The van der Waals surface area contributed by atoms with Crippen molar-refractivity contribution in [3.63, 3.8) is 0 Å². The molecule has 0 amide bonds. The molecule has 1 aromatic carbocycles. The van der Waals surface area contributed by atoms with E-state index in [9.17, 15) is 22.7 Å². The Labute approximate surface area is 169 Å². The number of benzene rings is 1. The second-order valence-electron chi connectivity index (χ2n) is 7.17. The lowest BCUT2D eigenvalue weighted by atomic mass is 9.91. The van der Waals surface area contributed by atoms with Crippen molar-refractivity contribution < 1.29 is 27.4 Å². The fourth-order valence-corrected chi connectivity index (χ4v) is 5.45. The number of halogens is 1. The Kier molecular flexibility index (Phi) is 6.23. The molecule has 1 fully saturated rings. The highest BCUT2D eigenvalue weighted by molar-refractivity contribution is 7.89. The number of hydrogen-bond donors (Lipinski definition) is 1. The van der Waals surface area contributed by atoms with Crippen LogP contribution in [0.4, 0.5) is 9.18 Å². The lowest BCUT2D eigenvalue weighted by molar-refractivity contribution is 0.0333. The molecule has 0 radical (unpaired) electrons. The molecule has 0 bridgehead atoms. The topological polar surface area (TPSA) is 102 Å². The summed E-state index contributed by atoms with van der Waals surface area (Å²) in [6, 6.07) is 4.93. The molecule has 0 spiro atoms. The summed E-state index contributed by atoms with van der Waals surface area (Å²) in [6.07, 6.45) is 2.39. The second kappa shape index (κ2) is 8.50. The number of rotatable bonds is 7. The molecule has 2 heterocycles. The van der Waals surface area contributed by atoms with Crippen LogP contribution in [-0.2, 0) is 21.8 Å². The molecule has 1 N–H and O–H groups in total. The van der Waals surface area contributed by atoms with Crippen LogP contribution in [0.1, 0.15) is 37.7 Å². The minimum Gasteiger partial charge on any atom is -0.450 e. The first kappa shape index (κ1) is 21.3. The Bertz CT molecular complexity index is 960. The van der Waals surface area contributed by atoms with Gasteiger partial charge in [0.1, 0.15) is 11.9 Å². The molecule has 158 valence electrons. The standard InChI is InChI=1S/C19H24FN3O5S/c1-3-4-5-16-18(28-19(24)25)15(13-6-8-14(20)9-7-13)10-23(16)29(26,27)17-11-22(2)12-21-17/h6-9,11-12,15-16,18H,3-5,10H2,1-2H3,(H,24,25)/t15-,16-,18?/m1/s1. The summed E-state index contributed by atoms with van der Waals surface area (Å²) in [4.78, 5) is 15.3. The molecule has 1 aromatic heterocycles. The van der Waals surface area contributed by atoms with E-state index in [2.05, 4.69) is 4.98 Å². The third-order valence-electron chi connectivity index (χ3n) is 5.17. The molecule has 1 saturated heterocycles. The van der Waals surface area contributed by atoms with Crippen LogP contribution in [0.5, 0.6) is 0 Å². The smallest absolute Gasteiger partial charge is 0.450 e. The zero-order valence-electron chi connectivity index (χ0n) is 16.2. The zero-order valence-corrected chi connectivity index (χ0v) is 17.0. The SMILES string of the molecule is CCCC[C@@H]1C(OC(=O)O)[C@@H](c2ccc(F)cc2)CN1S(=O)(=O)c1cn(C)cn1. The van der Waals surface area contributed by atoms with Gasteiger partial charge >= 0.3 is 6.16 Å². The molecular formula is C19H24FN3O5S. The number of aryl methyl sites for hydroxylation is 1. The predicted octanol–water partition coefficient (Wildman–Crippen LogP) is 2.97. The van der Waals surface area contributed by atoms with Crippen LogP contribution < -0.4 is 0 Å². The maximum absolute atomic E-state index is 13.4. The number of ether oxygens (including phenoxy) is 1. The minimum absolute atomic E-state index is 0.0247. The molecule has 0 aliphatic carbocycles. The Balaban J connectivity index is 2.04. The van der Waals surface area contributed by atoms with Crippen molar-refractivity contribution in [2.24, 2.45) is 7.05 Å². The van der Waals surface area contributed by atoms with E-state index in [-0.39, 0.29) is 11.6 Å². The van der Waals surface area contributed by atoms with E-state index >= 15 is 0 Å². The Hall–Kier alpha value is -2.46. The summed E-state index contributed by atoms with van der Waals surface area (Å²) in [5.41, 5.74) is 0.623. The monoisotopic (exact) mass is 425 g/mol. The number of aromatic nitrogens is 2. The molecule has 0 saturated carbocycles. The van der Waals surface area contributed by atoms with Crippen LogP contribution in [0, 0.1) is 5.82 Å². The van der Waals surface area contributed by atoms with Gasteiger partial charge in [0.2, 0.25) is 0 Å². The quantitative estimate of drug-likeness (QED) is 0.685. The molecule has 8 nitrogen and oxygen atoms in total. The van der Waals surface area contributed by atoms with Crippen LogP contribution in [-0.4, -0.2) is 52.2 Å². The highest BCUT2D eigenvalue weighted by Crippen LogP contribution is 2.39. The first-order valence-electron chi connectivity index (χ1n) is 9.39. The molecule has 29 heavy (non-hydrogen) atoms. The number of sulfonamides is 1. The fourth-order valence-electron chi connectivity index (χ4n) is 3.79. The van der Waals surface area contributed by atoms with E-state index in [4.69, 9.17) is 4.74 Å². The average molecular weight is 425 g/mol. The molecule has 3 atom stereocenters. The van der Waals surface area contributed by atoms with E-state index in [0.717, 1.165) is 6.42 Å². The summed E-state index contributed by atoms with van der Waals surface area (Å²) in [5.74, 6) is -0.977. The number of carbonyl (C=O) groups is 1.